The monoisotopic (exact) mass is 804 g/mol. The van der Waals surface area contributed by atoms with Gasteiger partial charge < -0.3 is 24.8 Å². The molecule has 0 amide bonds. The minimum absolute atomic E-state index is 0. The van der Waals surface area contributed by atoms with Gasteiger partial charge >= 0.3 is 120 Å². The molecule has 0 saturated carbocycles. The van der Waals surface area contributed by atoms with Crippen LogP contribution in [0.15, 0.2) is 158 Å². The van der Waals surface area contributed by atoms with Gasteiger partial charge in [0, 0.05) is 0 Å². The Bertz CT molecular complexity index is 1990. The molecule has 0 aromatic heterocycles. The Hall–Kier alpha value is -3.42. The van der Waals surface area contributed by atoms with Crippen molar-refractivity contribution in [2.75, 3.05) is 0 Å². The summed E-state index contributed by atoms with van der Waals surface area (Å²) in [6, 6.07) is 58.1. The molecule has 0 nitrogen and oxygen atoms in total. The second-order valence-electron chi connectivity index (χ2n) is 11.8. The van der Waals surface area contributed by atoms with E-state index >= 15 is 0 Å². The number of halogens is 4. The molecule has 0 fully saturated rings. The number of hydrogen-bond acceptors (Lipinski definition) is 0. The van der Waals surface area contributed by atoms with E-state index in [0.717, 1.165) is 16.5 Å². The Morgan fingerprint density at radius 2 is 1.10 bits per heavy atom. The first-order valence-corrected chi connectivity index (χ1v) is 17.9. The summed E-state index contributed by atoms with van der Waals surface area (Å²) in [5.74, 6) is 0. The summed E-state index contributed by atoms with van der Waals surface area (Å²) in [5, 5.41) is 1.53. The fourth-order valence-electron chi connectivity index (χ4n) is 5.94. The van der Waals surface area contributed by atoms with Gasteiger partial charge in [0.15, 0.2) is 0 Å². The second kappa shape index (κ2) is 18.7. The van der Waals surface area contributed by atoms with Gasteiger partial charge in [0.25, 0.3) is 0 Å². The normalized spacial score (nSPS) is 10.5. The average Bonchev–Trinajstić information content (AvgIpc) is 3.81. The largest absolute Gasteiger partial charge is 1.00 e. The summed E-state index contributed by atoms with van der Waals surface area (Å²) in [4.78, 5) is 0. The van der Waals surface area contributed by atoms with Gasteiger partial charge in [-0.15, -0.1) is 29.3 Å². The van der Waals surface area contributed by atoms with Crippen LogP contribution in [0.1, 0.15) is 33.4 Å². The maximum atomic E-state index is 5.86. The van der Waals surface area contributed by atoms with Crippen LogP contribution in [0.3, 0.4) is 0 Å². The molecular formula is C45H34Cl4Zr-2. The summed E-state index contributed by atoms with van der Waals surface area (Å²) < 4.78 is 1.31. The van der Waals surface area contributed by atoms with Gasteiger partial charge in [0.2, 0.25) is 0 Å². The molecule has 0 N–H and O–H groups in total. The fourth-order valence-corrected chi connectivity index (χ4v) is 7.01. The van der Waals surface area contributed by atoms with Crippen molar-refractivity contribution in [1.29, 1.82) is 0 Å². The van der Waals surface area contributed by atoms with Gasteiger partial charge in [0.05, 0.1) is 0 Å². The smallest absolute Gasteiger partial charge is 0.172 e. The quantitative estimate of drug-likeness (QED) is 0.178. The van der Waals surface area contributed by atoms with Crippen molar-refractivity contribution in [2.24, 2.45) is 0 Å². The molecule has 0 aliphatic heterocycles. The Labute approximate surface area is 333 Å². The first-order chi connectivity index (χ1) is 23.4. The Morgan fingerprint density at radius 3 is 1.62 bits per heavy atom. The Morgan fingerprint density at radius 1 is 0.580 bits per heavy atom. The Balaban J connectivity index is 0.000000208. The van der Waals surface area contributed by atoms with E-state index in [-0.39, 0.29) is 24.8 Å². The van der Waals surface area contributed by atoms with Crippen LogP contribution < -0.4 is 24.8 Å². The van der Waals surface area contributed by atoms with Crippen LogP contribution in [0.5, 0.6) is 0 Å². The van der Waals surface area contributed by atoms with E-state index in [2.05, 4.69) is 98.8 Å². The van der Waals surface area contributed by atoms with E-state index in [9.17, 15) is 0 Å². The van der Waals surface area contributed by atoms with Crippen molar-refractivity contribution in [2.45, 2.75) is 20.3 Å². The average molecular weight is 808 g/mol. The van der Waals surface area contributed by atoms with Gasteiger partial charge in [0.1, 0.15) is 0 Å². The fraction of sp³-hybridized carbons (Fsp3) is 0.0667. The van der Waals surface area contributed by atoms with Crippen LogP contribution in [0.25, 0.3) is 33.4 Å². The van der Waals surface area contributed by atoms with E-state index < -0.39 is 0 Å². The zero-order chi connectivity index (χ0) is 33.5. The minimum atomic E-state index is 0. The van der Waals surface area contributed by atoms with Crippen LogP contribution in [0.2, 0.25) is 10.0 Å². The zero-order valence-corrected chi connectivity index (χ0v) is 33.2. The molecule has 1 aliphatic rings. The molecule has 0 radical (unpaired) electrons. The summed E-state index contributed by atoms with van der Waals surface area (Å²) >= 11 is 13.1. The summed E-state index contributed by atoms with van der Waals surface area (Å²) in [5.41, 5.74) is 15.5. The van der Waals surface area contributed by atoms with E-state index in [4.69, 9.17) is 23.2 Å². The van der Waals surface area contributed by atoms with Gasteiger partial charge in [-0.25, -0.2) is 12.1 Å². The van der Waals surface area contributed by atoms with Crippen LogP contribution >= 0.6 is 23.2 Å². The van der Waals surface area contributed by atoms with Crippen molar-refractivity contribution in [3.63, 3.8) is 0 Å². The Kier molecular flexibility index (Phi) is 14.7. The molecule has 0 unspecified atom stereocenters. The first kappa shape index (κ1) is 39.4. The predicted octanol–water partition coefficient (Wildman–Crippen LogP) is 6.53. The van der Waals surface area contributed by atoms with Gasteiger partial charge in [-0.05, 0) is 42.5 Å². The minimum Gasteiger partial charge on any atom is -1.00 e. The zero-order valence-electron chi connectivity index (χ0n) is 27.7. The van der Waals surface area contributed by atoms with Gasteiger partial charge in [-0.3, -0.25) is 0 Å². The van der Waals surface area contributed by atoms with Crippen molar-refractivity contribution in [1.82, 2.24) is 0 Å². The molecule has 0 bridgehead atoms. The molecular weight excluding hydrogens is 774 g/mol. The summed E-state index contributed by atoms with van der Waals surface area (Å²) in [7, 11) is 0. The van der Waals surface area contributed by atoms with E-state index in [1.807, 2.05) is 78.9 Å². The third-order valence-corrected chi connectivity index (χ3v) is 10.4. The topological polar surface area (TPSA) is 0 Å². The number of hydrogen-bond donors (Lipinski definition) is 0. The molecule has 0 atom stereocenters. The third kappa shape index (κ3) is 9.67. The standard InChI is InChI=1S/C27H21.C13H8Cl2.C5H5.2ClH.Zr/c1-18-7-3-5-9-24(18)20-11-13-26-22(15-20)17-23-16-21(12-14-27(23)26)25-10-6-4-8-19(25)2;14-12-5-1-10(2-6-12)9-11-3-7-13(15)8-4-11;1-2-4-5-3-1;;;/h3-15H,17H2,1-2H3;1-8H;1-5H;2*1H;/q-1;;-1;;;+2/p-2. The molecule has 1 aliphatic carbocycles. The molecule has 8 rings (SSSR count). The van der Waals surface area contributed by atoms with Crippen LogP contribution in [0.4, 0.5) is 0 Å². The van der Waals surface area contributed by atoms with E-state index in [1.54, 1.807) is 0 Å². The maximum absolute atomic E-state index is 5.86. The number of benzene rings is 6. The first-order valence-electron chi connectivity index (χ1n) is 15.9. The molecule has 0 spiro atoms. The van der Waals surface area contributed by atoms with Gasteiger partial charge in [-0.1, -0.05) is 89.0 Å². The number of rotatable bonds is 4. The molecule has 248 valence electrons. The van der Waals surface area contributed by atoms with Crippen molar-refractivity contribution >= 4 is 26.4 Å². The summed E-state index contributed by atoms with van der Waals surface area (Å²) in [6.07, 6.45) is 0.962. The molecule has 5 heteroatoms. The van der Waals surface area contributed by atoms with Crippen molar-refractivity contribution < 1.29 is 49.0 Å². The third-order valence-electron chi connectivity index (χ3n) is 8.50. The number of aryl methyl sites for hydroxylation is 2. The maximum Gasteiger partial charge on any atom is -0.172 e. The molecule has 0 saturated heterocycles. The molecule has 7 aromatic carbocycles. The van der Waals surface area contributed by atoms with E-state index in [0.29, 0.717) is 0 Å². The van der Waals surface area contributed by atoms with Crippen molar-refractivity contribution in [3.05, 3.63) is 207 Å². The molecule has 0 heterocycles. The predicted molar refractivity (Wildman–Crippen MR) is 202 cm³/mol. The second-order valence-corrected chi connectivity index (χ2v) is 13.9. The van der Waals surface area contributed by atoms with Crippen LogP contribution in [-0.2, 0) is 30.7 Å². The van der Waals surface area contributed by atoms with Gasteiger partial charge in [-0.2, -0.15) is 18.2 Å². The van der Waals surface area contributed by atoms with Crippen LogP contribution in [-0.4, -0.2) is 3.21 Å². The number of fused-ring (bicyclic) bond motifs is 3. The molecule has 7 aromatic rings. The van der Waals surface area contributed by atoms with Crippen LogP contribution in [0, 0.1) is 19.9 Å². The summed E-state index contributed by atoms with van der Waals surface area (Å²) in [6.45, 7) is 4.35. The molecule has 50 heavy (non-hydrogen) atoms. The van der Waals surface area contributed by atoms with Crippen molar-refractivity contribution in [3.8, 4) is 33.4 Å². The SMILES string of the molecule is Cc1ccccc1-c1[c-]c2c(cc1)-c1ccc(-c3ccccc3C)cc1C2.Clc1ccc([C](=[Zr+2])c2ccc(Cl)cc2)cc1.[Cl-].[Cl-].c1cc[cH-]c1. The van der Waals surface area contributed by atoms with E-state index in [1.165, 1.54) is 94.2 Å².